The number of benzene rings is 3. The van der Waals surface area contributed by atoms with E-state index in [0.29, 0.717) is 27.3 Å². The van der Waals surface area contributed by atoms with Crippen molar-refractivity contribution in [1.82, 2.24) is 5.32 Å². The molecule has 3 aromatic rings. The van der Waals surface area contributed by atoms with Crippen molar-refractivity contribution in [3.05, 3.63) is 102 Å². The molecule has 176 valence electrons. The Morgan fingerprint density at radius 3 is 2.43 bits per heavy atom. The molecule has 0 radical (unpaired) electrons. The highest BCUT2D eigenvalue weighted by molar-refractivity contribution is 9.10. The van der Waals surface area contributed by atoms with Crippen LogP contribution >= 0.6 is 31.9 Å². The van der Waals surface area contributed by atoms with Crippen LogP contribution in [0.3, 0.4) is 0 Å². The van der Waals surface area contributed by atoms with Crippen molar-refractivity contribution in [3.8, 4) is 5.75 Å². The van der Waals surface area contributed by atoms with Crippen LogP contribution in [0.1, 0.15) is 11.1 Å². The summed E-state index contributed by atoms with van der Waals surface area (Å²) < 4.78 is 7.39. The Hall–Kier alpha value is -3.83. The van der Waals surface area contributed by atoms with E-state index >= 15 is 0 Å². The number of hydrogen-bond acceptors (Lipinski definition) is 6. The number of barbiturate groups is 1. The highest BCUT2D eigenvalue weighted by Crippen LogP contribution is 2.29. The van der Waals surface area contributed by atoms with Crippen molar-refractivity contribution >= 4 is 67.2 Å². The molecule has 0 unspecified atom stereocenters. The van der Waals surface area contributed by atoms with Gasteiger partial charge in [0.15, 0.2) is 0 Å². The molecule has 4 amide bonds. The Morgan fingerprint density at radius 2 is 1.74 bits per heavy atom. The molecule has 1 fully saturated rings. The number of carbonyl (C=O) groups excluding carboxylic acids is 3. The molecule has 4 rings (SSSR count). The number of hydrogen-bond donors (Lipinski definition) is 1. The van der Waals surface area contributed by atoms with Crippen LogP contribution < -0.4 is 15.0 Å². The molecular formula is C24H15Br2N3O6. The number of non-ortho nitro benzene ring substituents is 1. The van der Waals surface area contributed by atoms with Gasteiger partial charge in [0.1, 0.15) is 17.9 Å². The Kier molecular flexibility index (Phi) is 7.08. The summed E-state index contributed by atoms with van der Waals surface area (Å²) in [5.41, 5.74) is 0.846. The van der Waals surface area contributed by atoms with Gasteiger partial charge in [-0.05, 0) is 63.5 Å². The van der Waals surface area contributed by atoms with Crippen molar-refractivity contribution in [2.45, 2.75) is 6.61 Å². The Balaban J connectivity index is 1.57. The van der Waals surface area contributed by atoms with Gasteiger partial charge in [-0.1, -0.05) is 40.2 Å². The molecule has 0 spiro atoms. The van der Waals surface area contributed by atoms with E-state index in [2.05, 4.69) is 37.2 Å². The molecule has 1 aliphatic heterocycles. The monoisotopic (exact) mass is 599 g/mol. The summed E-state index contributed by atoms with van der Waals surface area (Å²) in [6, 6.07) is 16.7. The minimum atomic E-state index is -0.990. The standard InChI is InChI=1S/C24H15Br2N3O6/c25-16-7-4-14(5-8-16)13-35-21-9-6-15(11-20(21)26)10-19-22(30)27-24(32)28(23(19)31)17-2-1-3-18(12-17)29(33)34/h1-12H,13H2,(H,27,30,32)/b19-10+. The molecule has 0 bridgehead atoms. The average molecular weight is 601 g/mol. The third-order valence-corrected chi connectivity index (χ3v) is 6.12. The lowest BCUT2D eigenvalue weighted by Crippen LogP contribution is -2.54. The number of nitro benzene ring substituents is 1. The van der Waals surface area contributed by atoms with Gasteiger partial charge in [-0.15, -0.1) is 0 Å². The second-order valence-corrected chi connectivity index (χ2v) is 9.11. The number of nitrogens with zero attached hydrogens (tertiary/aromatic N) is 2. The van der Waals surface area contributed by atoms with Gasteiger partial charge in [-0.25, -0.2) is 9.69 Å². The fraction of sp³-hybridized carbons (Fsp3) is 0.0417. The summed E-state index contributed by atoms with van der Waals surface area (Å²) in [5, 5.41) is 13.2. The van der Waals surface area contributed by atoms with E-state index in [1.165, 1.54) is 24.3 Å². The summed E-state index contributed by atoms with van der Waals surface area (Å²) in [6.45, 7) is 0.341. The maximum absolute atomic E-state index is 13.0. The lowest BCUT2D eigenvalue weighted by atomic mass is 10.1. The number of nitrogens with one attached hydrogen (secondary N) is 1. The van der Waals surface area contributed by atoms with Gasteiger partial charge in [0, 0.05) is 16.6 Å². The first-order valence-electron chi connectivity index (χ1n) is 10.1. The summed E-state index contributed by atoms with van der Waals surface area (Å²) in [6.07, 6.45) is 1.33. The summed E-state index contributed by atoms with van der Waals surface area (Å²) >= 11 is 6.82. The number of ether oxygens (including phenoxy) is 1. The summed E-state index contributed by atoms with van der Waals surface area (Å²) in [5.74, 6) is -1.21. The van der Waals surface area contributed by atoms with Crippen LogP contribution in [-0.2, 0) is 16.2 Å². The molecule has 9 nitrogen and oxygen atoms in total. The van der Waals surface area contributed by atoms with Crippen molar-refractivity contribution < 1.29 is 24.0 Å². The molecule has 0 aromatic heterocycles. The molecule has 1 N–H and O–H groups in total. The van der Waals surface area contributed by atoms with Crippen LogP contribution in [0.5, 0.6) is 5.75 Å². The molecule has 0 saturated carbocycles. The van der Waals surface area contributed by atoms with Gasteiger partial charge in [-0.2, -0.15) is 0 Å². The Morgan fingerprint density at radius 1 is 1.00 bits per heavy atom. The zero-order chi connectivity index (χ0) is 25.1. The van der Waals surface area contributed by atoms with Gasteiger partial charge in [0.05, 0.1) is 15.1 Å². The predicted molar refractivity (Wildman–Crippen MR) is 135 cm³/mol. The van der Waals surface area contributed by atoms with Crippen LogP contribution in [0, 0.1) is 10.1 Å². The van der Waals surface area contributed by atoms with Crippen LogP contribution in [-0.4, -0.2) is 22.8 Å². The summed E-state index contributed by atoms with van der Waals surface area (Å²) in [7, 11) is 0. The second kappa shape index (κ2) is 10.2. The van der Waals surface area contributed by atoms with E-state index in [9.17, 15) is 24.5 Å². The van der Waals surface area contributed by atoms with Crippen molar-refractivity contribution in [1.29, 1.82) is 0 Å². The molecule has 11 heteroatoms. The largest absolute Gasteiger partial charge is 0.488 e. The molecule has 0 atom stereocenters. The van der Waals surface area contributed by atoms with E-state index in [4.69, 9.17) is 4.74 Å². The fourth-order valence-electron chi connectivity index (χ4n) is 3.27. The quantitative estimate of drug-likeness (QED) is 0.176. The molecule has 0 aliphatic carbocycles. The Labute approximate surface area is 215 Å². The van der Waals surface area contributed by atoms with E-state index in [1.807, 2.05) is 24.3 Å². The van der Waals surface area contributed by atoms with Crippen LogP contribution in [0.15, 0.2) is 81.2 Å². The van der Waals surface area contributed by atoms with Crippen LogP contribution in [0.25, 0.3) is 6.08 Å². The number of halogens is 2. The maximum Gasteiger partial charge on any atom is 0.335 e. The smallest absolute Gasteiger partial charge is 0.335 e. The van der Waals surface area contributed by atoms with E-state index in [0.717, 1.165) is 16.1 Å². The maximum atomic E-state index is 13.0. The highest BCUT2D eigenvalue weighted by Gasteiger charge is 2.37. The number of anilines is 1. The first-order valence-corrected chi connectivity index (χ1v) is 11.6. The lowest BCUT2D eigenvalue weighted by molar-refractivity contribution is -0.384. The minimum absolute atomic E-state index is 0.0297. The topological polar surface area (TPSA) is 119 Å². The highest BCUT2D eigenvalue weighted by atomic mass is 79.9. The molecule has 3 aromatic carbocycles. The fourth-order valence-corrected chi connectivity index (χ4v) is 4.05. The van der Waals surface area contributed by atoms with Crippen molar-refractivity contribution in [2.75, 3.05) is 4.90 Å². The number of imide groups is 2. The molecule has 1 aliphatic rings. The van der Waals surface area contributed by atoms with Crippen LogP contribution in [0.4, 0.5) is 16.2 Å². The third kappa shape index (κ3) is 5.47. The van der Waals surface area contributed by atoms with E-state index in [-0.39, 0.29) is 16.9 Å². The summed E-state index contributed by atoms with van der Waals surface area (Å²) in [4.78, 5) is 48.9. The number of urea groups is 1. The lowest BCUT2D eigenvalue weighted by Gasteiger charge is -2.26. The van der Waals surface area contributed by atoms with Gasteiger partial charge < -0.3 is 4.74 Å². The number of nitro groups is 1. The van der Waals surface area contributed by atoms with Crippen molar-refractivity contribution in [2.24, 2.45) is 0 Å². The predicted octanol–water partition coefficient (Wildman–Crippen LogP) is 5.37. The van der Waals surface area contributed by atoms with E-state index in [1.54, 1.807) is 18.2 Å². The SMILES string of the molecule is O=C1NC(=O)N(c2cccc([N+](=O)[O-])c2)C(=O)/C1=C/c1ccc(OCc2ccc(Br)cc2)c(Br)c1. The number of carbonyl (C=O) groups is 3. The second-order valence-electron chi connectivity index (χ2n) is 7.34. The molecule has 1 saturated heterocycles. The van der Waals surface area contributed by atoms with Gasteiger partial charge in [0.2, 0.25) is 0 Å². The molecule has 1 heterocycles. The zero-order valence-electron chi connectivity index (χ0n) is 17.7. The van der Waals surface area contributed by atoms with Crippen LogP contribution in [0.2, 0.25) is 0 Å². The minimum Gasteiger partial charge on any atom is -0.488 e. The van der Waals surface area contributed by atoms with Gasteiger partial charge in [0.25, 0.3) is 17.5 Å². The number of amides is 4. The Bertz CT molecular complexity index is 1390. The average Bonchev–Trinajstić information content (AvgIpc) is 2.82. The zero-order valence-corrected chi connectivity index (χ0v) is 20.9. The first kappa shape index (κ1) is 24.3. The molecule has 35 heavy (non-hydrogen) atoms. The number of rotatable bonds is 6. The van der Waals surface area contributed by atoms with E-state index < -0.39 is 22.8 Å². The van der Waals surface area contributed by atoms with Crippen molar-refractivity contribution in [3.63, 3.8) is 0 Å². The molecular weight excluding hydrogens is 586 g/mol. The van der Waals surface area contributed by atoms with Gasteiger partial charge in [-0.3, -0.25) is 25.0 Å². The van der Waals surface area contributed by atoms with Gasteiger partial charge >= 0.3 is 6.03 Å². The normalized spacial score (nSPS) is 14.7. The third-order valence-electron chi connectivity index (χ3n) is 4.97. The first-order chi connectivity index (χ1) is 16.7.